The van der Waals surface area contributed by atoms with Crippen LogP contribution in [0.4, 0.5) is 0 Å². The molecule has 0 bridgehead atoms. The summed E-state index contributed by atoms with van der Waals surface area (Å²) in [4.78, 5) is 10.3. The van der Waals surface area contributed by atoms with Crippen LogP contribution < -0.4 is 9.47 Å². The minimum Gasteiger partial charge on any atom is -0.493 e. The van der Waals surface area contributed by atoms with E-state index in [1.807, 2.05) is 26.1 Å². The van der Waals surface area contributed by atoms with Crippen LogP contribution in [0.15, 0.2) is 24.4 Å². The van der Waals surface area contributed by atoms with Crippen LogP contribution in [0.25, 0.3) is 21.8 Å². The molecule has 0 saturated heterocycles. The second-order valence-corrected chi connectivity index (χ2v) is 7.07. The van der Waals surface area contributed by atoms with Crippen LogP contribution in [-0.4, -0.2) is 49.2 Å². The SMILES string of the molecule is CC.COc1cc2c(cc1OCCCN(C)C)[nH]c1ccnc(C3CC3)c12. The number of methoxy groups -OCH3 is 1. The first-order valence-corrected chi connectivity index (χ1v) is 9.93. The first-order chi connectivity index (χ1) is 13.2. The summed E-state index contributed by atoms with van der Waals surface area (Å²) in [6.45, 7) is 5.68. The molecular weight excluding hydrogens is 338 g/mol. The van der Waals surface area contributed by atoms with Crippen molar-refractivity contribution < 1.29 is 9.47 Å². The van der Waals surface area contributed by atoms with Gasteiger partial charge in [-0.3, -0.25) is 4.98 Å². The maximum absolute atomic E-state index is 5.99. The van der Waals surface area contributed by atoms with Gasteiger partial charge in [0.25, 0.3) is 0 Å². The quantitative estimate of drug-likeness (QED) is 0.598. The summed E-state index contributed by atoms with van der Waals surface area (Å²) in [6.07, 6.45) is 5.36. The molecule has 1 aliphatic rings. The van der Waals surface area contributed by atoms with Gasteiger partial charge in [0.1, 0.15) is 0 Å². The van der Waals surface area contributed by atoms with Crippen molar-refractivity contribution in [2.24, 2.45) is 0 Å². The van der Waals surface area contributed by atoms with Gasteiger partial charge in [-0.15, -0.1) is 0 Å². The molecule has 0 unspecified atom stereocenters. The molecule has 2 heterocycles. The van der Waals surface area contributed by atoms with E-state index < -0.39 is 0 Å². The lowest BCUT2D eigenvalue weighted by molar-refractivity contribution is 0.268. The molecule has 5 nitrogen and oxygen atoms in total. The van der Waals surface area contributed by atoms with E-state index in [1.54, 1.807) is 7.11 Å². The number of fused-ring (bicyclic) bond motifs is 3. The van der Waals surface area contributed by atoms with Gasteiger partial charge < -0.3 is 19.4 Å². The number of pyridine rings is 1. The Kier molecular flexibility index (Phi) is 6.22. The van der Waals surface area contributed by atoms with Gasteiger partial charge in [-0.05, 0) is 45.5 Å². The monoisotopic (exact) mass is 369 g/mol. The zero-order chi connectivity index (χ0) is 19.4. The van der Waals surface area contributed by atoms with Gasteiger partial charge in [0, 0.05) is 41.0 Å². The lowest BCUT2D eigenvalue weighted by atomic mass is 10.1. The van der Waals surface area contributed by atoms with Gasteiger partial charge in [0.2, 0.25) is 0 Å². The van der Waals surface area contributed by atoms with E-state index in [0.29, 0.717) is 12.5 Å². The number of hydrogen-bond acceptors (Lipinski definition) is 4. The summed E-state index contributed by atoms with van der Waals surface area (Å²) in [5, 5.41) is 2.40. The molecule has 1 aromatic carbocycles. The Labute approximate surface area is 161 Å². The van der Waals surface area contributed by atoms with Crippen LogP contribution in [0, 0.1) is 0 Å². The van der Waals surface area contributed by atoms with Crippen molar-refractivity contribution in [3.05, 3.63) is 30.1 Å². The largest absolute Gasteiger partial charge is 0.493 e. The van der Waals surface area contributed by atoms with Crippen LogP contribution in [0.1, 0.15) is 44.7 Å². The number of benzene rings is 1. The summed E-state index contributed by atoms with van der Waals surface area (Å²) < 4.78 is 11.6. The average Bonchev–Trinajstić information content (AvgIpc) is 3.46. The number of H-pyrrole nitrogens is 1. The topological polar surface area (TPSA) is 50.4 Å². The van der Waals surface area contributed by atoms with Crippen LogP contribution in [-0.2, 0) is 0 Å². The third-order valence-electron chi connectivity index (χ3n) is 4.79. The molecule has 0 spiro atoms. The third-order valence-corrected chi connectivity index (χ3v) is 4.79. The van der Waals surface area contributed by atoms with E-state index in [4.69, 9.17) is 9.47 Å². The minimum absolute atomic E-state index is 0.607. The average molecular weight is 370 g/mol. The Morgan fingerprint density at radius 1 is 1.15 bits per heavy atom. The highest BCUT2D eigenvalue weighted by Crippen LogP contribution is 2.45. The molecule has 27 heavy (non-hydrogen) atoms. The number of ether oxygens (including phenoxy) is 2. The Balaban J connectivity index is 0.00000102. The Morgan fingerprint density at radius 2 is 1.93 bits per heavy atom. The first-order valence-electron chi connectivity index (χ1n) is 9.93. The van der Waals surface area contributed by atoms with E-state index in [0.717, 1.165) is 35.5 Å². The zero-order valence-corrected chi connectivity index (χ0v) is 17.1. The van der Waals surface area contributed by atoms with Crippen molar-refractivity contribution in [2.75, 3.05) is 34.4 Å². The fourth-order valence-corrected chi connectivity index (χ4v) is 3.38. The molecule has 2 aromatic heterocycles. The number of rotatable bonds is 7. The molecule has 146 valence electrons. The van der Waals surface area contributed by atoms with E-state index in [2.05, 4.69) is 41.1 Å². The Hall–Kier alpha value is -2.27. The fraction of sp³-hybridized carbons (Fsp3) is 0.500. The Morgan fingerprint density at radius 3 is 2.59 bits per heavy atom. The van der Waals surface area contributed by atoms with Crippen molar-refractivity contribution in [1.29, 1.82) is 0 Å². The zero-order valence-electron chi connectivity index (χ0n) is 17.1. The first kappa shape index (κ1) is 19.5. The highest BCUT2D eigenvalue weighted by atomic mass is 16.5. The summed E-state index contributed by atoms with van der Waals surface area (Å²) in [7, 11) is 5.84. The van der Waals surface area contributed by atoms with Gasteiger partial charge >= 0.3 is 0 Å². The molecular formula is C22H31N3O2. The molecule has 1 aliphatic carbocycles. The van der Waals surface area contributed by atoms with Crippen molar-refractivity contribution in [2.45, 2.75) is 39.0 Å². The number of aromatic amines is 1. The van der Waals surface area contributed by atoms with Gasteiger partial charge in [-0.1, -0.05) is 13.8 Å². The minimum atomic E-state index is 0.607. The lowest BCUT2D eigenvalue weighted by Gasteiger charge is -2.13. The molecule has 5 heteroatoms. The van der Waals surface area contributed by atoms with Gasteiger partial charge in [-0.2, -0.15) is 0 Å². The van der Waals surface area contributed by atoms with E-state index >= 15 is 0 Å². The predicted molar refractivity (Wildman–Crippen MR) is 112 cm³/mol. The van der Waals surface area contributed by atoms with Crippen LogP contribution in [0.3, 0.4) is 0 Å². The molecule has 4 rings (SSSR count). The number of nitrogens with one attached hydrogen (secondary N) is 1. The van der Waals surface area contributed by atoms with Gasteiger partial charge in [-0.25, -0.2) is 0 Å². The van der Waals surface area contributed by atoms with Crippen molar-refractivity contribution in [1.82, 2.24) is 14.9 Å². The highest BCUT2D eigenvalue weighted by molar-refractivity contribution is 6.09. The molecule has 3 aromatic rings. The number of aromatic nitrogens is 2. The molecule has 0 radical (unpaired) electrons. The van der Waals surface area contributed by atoms with E-state index in [9.17, 15) is 0 Å². The molecule has 1 N–H and O–H groups in total. The van der Waals surface area contributed by atoms with Crippen LogP contribution in [0.5, 0.6) is 11.5 Å². The molecule has 0 atom stereocenters. The smallest absolute Gasteiger partial charge is 0.163 e. The van der Waals surface area contributed by atoms with Crippen LogP contribution >= 0.6 is 0 Å². The molecule has 0 amide bonds. The summed E-state index contributed by atoms with van der Waals surface area (Å²) in [5.74, 6) is 2.18. The standard InChI is InChI=1S/C20H25N3O2.C2H6/c1-23(2)9-4-10-25-18-12-16-14(11-17(18)24-3)19-15(22-16)7-8-21-20(19)13-5-6-13;1-2/h7-8,11-13,22H,4-6,9-10H2,1-3H3;1-2H3. The maximum atomic E-state index is 5.99. The van der Waals surface area contributed by atoms with Gasteiger partial charge in [0.05, 0.1) is 24.9 Å². The maximum Gasteiger partial charge on any atom is 0.163 e. The second-order valence-electron chi connectivity index (χ2n) is 7.07. The third kappa shape index (κ3) is 4.19. The molecule has 1 saturated carbocycles. The number of nitrogens with zero attached hydrogens (tertiary/aromatic N) is 2. The van der Waals surface area contributed by atoms with Crippen molar-refractivity contribution in [3.8, 4) is 11.5 Å². The summed E-state index contributed by atoms with van der Waals surface area (Å²) in [5.41, 5.74) is 3.43. The van der Waals surface area contributed by atoms with E-state index in [1.165, 1.54) is 29.3 Å². The number of hydrogen-bond donors (Lipinski definition) is 1. The van der Waals surface area contributed by atoms with Crippen molar-refractivity contribution in [3.63, 3.8) is 0 Å². The fourth-order valence-electron chi connectivity index (χ4n) is 3.38. The predicted octanol–water partition coefficient (Wildman–Crippen LogP) is 4.96. The van der Waals surface area contributed by atoms with Crippen LogP contribution in [0.2, 0.25) is 0 Å². The normalized spacial score (nSPS) is 13.7. The molecule has 1 fully saturated rings. The summed E-state index contributed by atoms with van der Waals surface area (Å²) >= 11 is 0. The van der Waals surface area contributed by atoms with Crippen molar-refractivity contribution >= 4 is 21.8 Å². The molecule has 0 aliphatic heterocycles. The lowest BCUT2D eigenvalue weighted by Crippen LogP contribution is -2.15. The second kappa shape index (κ2) is 8.61. The highest BCUT2D eigenvalue weighted by Gasteiger charge is 2.28. The Bertz CT molecular complexity index is 897. The van der Waals surface area contributed by atoms with Gasteiger partial charge in [0.15, 0.2) is 11.5 Å². The summed E-state index contributed by atoms with van der Waals surface area (Å²) in [6, 6.07) is 6.19. The van der Waals surface area contributed by atoms with E-state index in [-0.39, 0.29) is 0 Å².